The van der Waals surface area contributed by atoms with Crippen molar-refractivity contribution in [3.63, 3.8) is 0 Å². The molecule has 0 aromatic heterocycles. The van der Waals surface area contributed by atoms with Gasteiger partial charge in [0.25, 0.3) is 0 Å². The van der Waals surface area contributed by atoms with Crippen LogP contribution in [-0.4, -0.2) is 56.6 Å². The molecule has 1 aliphatic rings. The van der Waals surface area contributed by atoms with Gasteiger partial charge in [0.2, 0.25) is 0 Å². The van der Waals surface area contributed by atoms with Crippen LogP contribution in [0, 0.1) is 5.92 Å². The standard InChI is InChI=1S/C7H14O7/c1-2-3(8)4(9)5(6(10)11)13-7(2)14-12/h2-12H,1H3/t2?,3-,4-,5?,7-/m1/s1. The van der Waals surface area contributed by atoms with Crippen LogP contribution in [0.5, 0.6) is 0 Å². The normalized spacial score (nSPS) is 44.4. The van der Waals surface area contributed by atoms with Gasteiger partial charge in [0.15, 0.2) is 12.6 Å². The first-order chi connectivity index (χ1) is 6.49. The lowest BCUT2D eigenvalue weighted by molar-refractivity contribution is -0.407. The Hall–Kier alpha value is -0.280. The number of aliphatic hydroxyl groups excluding tert-OH is 3. The van der Waals surface area contributed by atoms with Crippen LogP contribution in [0.2, 0.25) is 0 Å². The van der Waals surface area contributed by atoms with Gasteiger partial charge in [-0.15, -0.1) is 0 Å². The summed E-state index contributed by atoms with van der Waals surface area (Å²) < 4.78 is 4.81. The maximum atomic E-state index is 9.42. The highest BCUT2D eigenvalue weighted by molar-refractivity contribution is 4.87. The molecule has 14 heavy (non-hydrogen) atoms. The van der Waals surface area contributed by atoms with Crippen LogP contribution in [0.25, 0.3) is 0 Å². The number of rotatable bonds is 2. The zero-order valence-corrected chi connectivity index (χ0v) is 7.52. The highest BCUT2D eigenvalue weighted by Gasteiger charge is 2.45. The molecule has 7 heteroatoms. The zero-order valence-electron chi connectivity index (χ0n) is 7.52. The molecule has 1 rings (SSSR count). The Kier molecular flexibility index (Phi) is 3.78. The molecule has 5 atom stereocenters. The van der Waals surface area contributed by atoms with Gasteiger partial charge in [-0.3, -0.25) is 0 Å². The summed E-state index contributed by atoms with van der Waals surface area (Å²) in [6.45, 7) is 1.48. The second-order valence-electron chi connectivity index (χ2n) is 3.33. The second kappa shape index (κ2) is 4.49. The monoisotopic (exact) mass is 210 g/mol. The molecule has 0 bridgehead atoms. The predicted molar refractivity (Wildman–Crippen MR) is 41.8 cm³/mol. The van der Waals surface area contributed by atoms with E-state index in [1.807, 2.05) is 0 Å². The number of hydrogen-bond acceptors (Lipinski definition) is 7. The van der Waals surface area contributed by atoms with Crippen molar-refractivity contribution in [3.8, 4) is 0 Å². The lowest BCUT2D eigenvalue weighted by Crippen LogP contribution is -2.57. The average molecular weight is 210 g/mol. The molecule has 0 aromatic rings. The van der Waals surface area contributed by atoms with Crippen LogP contribution in [-0.2, 0) is 9.62 Å². The first kappa shape index (κ1) is 11.8. The smallest absolute Gasteiger partial charge is 0.196 e. The van der Waals surface area contributed by atoms with E-state index in [1.54, 1.807) is 0 Å². The van der Waals surface area contributed by atoms with Crippen molar-refractivity contribution < 1.29 is 35.3 Å². The van der Waals surface area contributed by atoms with Gasteiger partial charge in [-0.25, -0.2) is 10.1 Å². The molecule has 7 nitrogen and oxygen atoms in total. The van der Waals surface area contributed by atoms with Gasteiger partial charge >= 0.3 is 0 Å². The largest absolute Gasteiger partial charge is 0.390 e. The Morgan fingerprint density at radius 2 is 1.79 bits per heavy atom. The third-order valence-electron chi connectivity index (χ3n) is 2.34. The Balaban J connectivity index is 2.73. The van der Waals surface area contributed by atoms with Crippen LogP contribution >= 0.6 is 0 Å². The molecule has 1 fully saturated rings. The quantitative estimate of drug-likeness (QED) is 0.200. The third-order valence-corrected chi connectivity index (χ3v) is 2.34. The summed E-state index contributed by atoms with van der Waals surface area (Å²) >= 11 is 0. The molecule has 1 saturated heterocycles. The van der Waals surface area contributed by atoms with Crippen molar-refractivity contribution in [1.82, 2.24) is 0 Å². The predicted octanol–water partition coefficient (Wildman–Crippen LogP) is -2.13. The highest BCUT2D eigenvalue weighted by Crippen LogP contribution is 2.27. The minimum atomic E-state index is -1.95. The third kappa shape index (κ3) is 2.04. The minimum Gasteiger partial charge on any atom is -0.390 e. The van der Waals surface area contributed by atoms with Gasteiger partial charge in [-0.1, -0.05) is 6.92 Å². The van der Waals surface area contributed by atoms with Crippen molar-refractivity contribution in [3.05, 3.63) is 0 Å². The molecular formula is C7H14O7. The van der Waals surface area contributed by atoms with E-state index in [0.29, 0.717) is 0 Å². The summed E-state index contributed by atoms with van der Waals surface area (Å²) in [6, 6.07) is 0. The maximum absolute atomic E-state index is 9.42. The van der Waals surface area contributed by atoms with Gasteiger partial charge in [0.05, 0.1) is 6.10 Å². The Morgan fingerprint density at radius 1 is 1.21 bits per heavy atom. The van der Waals surface area contributed by atoms with Crippen molar-refractivity contribution in [1.29, 1.82) is 0 Å². The number of hydrogen-bond donors (Lipinski definition) is 5. The molecular weight excluding hydrogens is 196 g/mol. The van der Waals surface area contributed by atoms with Crippen molar-refractivity contribution in [2.24, 2.45) is 5.92 Å². The molecule has 2 unspecified atom stereocenters. The SMILES string of the molecule is CC1[C@@H](OO)OC(C(O)O)[C@H](O)[C@@H]1O. The number of ether oxygens (including phenoxy) is 1. The van der Waals surface area contributed by atoms with Crippen molar-refractivity contribution in [2.45, 2.75) is 37.8 Å². The summed E-state index contributed by atoms with van der Waals surface area (Å²) in [5.41, 5.74) is 0. The molecule has 0 spiro atoms. The van der Waals surface area contributed by atoms with E-state index in [1.165, 1.54) is 6.92 Å². The van der Waals surface area contributed by atoms with Crippen LogP contribution in [0.1, 0.15) is 6.92 Å². The molecule has 0 aromatic carbocycles. The summed E-state index contributed by atoms with van der Waals surface area (Å²) in [4.78, 5) is 3.89. The van der Waals surface area contributed by atoms with Gasteiger partial charge in [0, 0.05) is 5.92 Å². The zero-order chi connectivity index (χ0) is 10.9. The lowest BCUT2D eigenvalue weighted by atomic mass is 9.92. The van der Waals surface area contributed by atoms with Gasteiger partial charge in [-0.2, -0.15) is 0 Å². The van der Waals surface area contributed by atoms with Gasteiger partial charge in [0.1, 0.15) is 12.2 Å². The summed E-state index contributed by atoms with van der Waals surface area (Å²) in [5, 5.41) is 44.7. The molecule has 0 saturated carbocycles. The summed E-state index contributed by atoms with van der Waals surface area (Å²) in [7, 11) is 0. The summed E-state index contributed by atoms with van der Waals surface area (Å²) in [6.07, 6.45) is -7.24. The van der Waals surface area contributed by atoms with Crippen LogP contribution in [0.3, 0.4) is 0 Å². The molecule has 0 aliphatic carbocycles. The molecule has 1 heterocycles. The van der Waals surface area contributed by atoms with Crippen molar-refractivity contribution >= 4 is 0 Å². The lowest BCUT2D eigenvalue weighted by Gasteiger charge is -2.40. The van der Waals surface area contributed by atoms with E-state index < -0.39 is 36.8 Å². The Labute approximate surface area is 80.1 Å². The molecule has 0 amide bonds. The second-order valence-corrected chi connectivity index (χ2v) is 3.33. The number of aliphatic hydroxyl groups is 4. The van der Waals surface area contributed by atoms with Gasteiger partial charge < -0.3 is 25.2 Å². The van der Waals surface area contributed by atoms with Crippen LogP contribution in [0.4, 0.5) is 0 Å². The van der Waals surface area contributed by atoms with E-state index >= 15 is 0 Å². The first-order valence-corrected chi connectivity index (χ1v) is 4.17. The van der Waals surface area contributed by atoms with E-state index in [-0.39, 0.29) is 0 Å². The molecule has 0 radical (unpaired) electrons. The fourth-order valence-electron chi connectivity index (χ4n) is 1.39. The Bertz CT molecular complexity index is 183. The Morgan fingerprint density at radius 3 is 2.21 bits per heavy atom. The van der Waals surface area contributed by atoms with Crippen LogP contribution < -0.4 is 0 Å². The van der Waals surface area contributed by atoms with Crippen molar-refractivity contribution in [2.75, 3.05) is 0 Å². The topological polar surface area (TPSA) is 120 Å². The molecule has 84 valence electrons. The highest BCUT2D eigenvalue weighted by atomic mass is 17.1. The van der Waals surface area contributed by atoms with Gasteiger partial charge in [-0.05, 0) is 0 Å². The van der Waals surface area contributed by atoms with Crippen LogP contribution in [0.15, 0.2) is 0 Å². The van der Waals surface area contributed by atoms with E-state index in [0.717, 1.165) is 0 Å². The molecule has 1 aliphatic heterocycles. The summed E-state index contributed by atoms with van der Waals surface area (Å²) in [5.74, 6) is -0.676. The fourth-order valence-corrected chi connectivity index (χ4v) is 1.39. The first-order valence-electron chi connectivity index (χ1n) is 4.17. The van der Waals surface area contributed by atoms with E-state index in [2.05, 4.69) is 4.89 Å². The van der Waals surface area contributed by atoms with E-state index in [4.69, 9.17) is 20.2 Å². The molecule has 5 N–H and O–H groups in total. The fraction of sp³-hybridized carbons (Fsp3) is 1.00. The maximum Gasteiger partial charge on any atom is 0.196 e. The van der Waals surface area contributed by atoms with E-state index in [9.17, 15) is 10.2 Å². The average Bonchev–Trinajstić information content (AvgIpc) is 2.14. The minimum absolute atomic E-state index is 0.676.